The van der Waals surface area contributed by atoms with E-state index in [2.05, 4.69) is 89.7 Å². The molecule has 0 radical (unpaired) electrons. The van der Waals surface area contributed by atoms with Crippen molar-refractivity contribution in [3.63, 3.8) is 0 Å². The number of carbonyl (C=O) groups excluding carboxylic acids is 2. The van der Waals surface area contributed by atoms with Gasteiger partial charge in [-0.15, -0.1) is 0 Å². The Hall–Kier alpha value is -2.25. The average molecular weight is 802 g/mol. The summed E-state index contributed by atoms with van der Waals surface area (Å²) in [4.78, 5) is 31.4. The molecular weight excluding hydrogens is 728 g/mol. The van der Waals surface area contributed by atoms with Crippen molar-refractivity contribution in [1.82, 2.24) is 9.80 Å². The van der Waals surface area contributed by atoms with Gasteiger partial charge in [0.15, 0.2) is 5.78 Å². The van der Waals surface area contributed by atoms with Gasteiger partial charge in [-0.2, -0.15) is 0 Å². The number of hydrogen-bond donors (Lipinski definition) is 1. The van der Waals surface area contributed by atoms with Crippen LogP contribution in [-0.2, 0) is 20.9 Å². The highest BCUT2D eigenvalue weighted by atomic mass is 35.5. The number of allylic oxidation sites excluding steroid dienone is 5. The minimum absolute atomic E-state index is 0.00922. The summed E-state index contributed by atoms with van der Waals surface area (Å²) in [5, 5.41) is 13.4. The molecule has 6 aliphatic rings. The van der Waals surface area contributed by atoms with Crippen LogP contribution in [0, 0.1) is 57.2 Å². The van der Waals surface area contributed by atoms with Crippen LogP contribution in [0.15, 0.2) is 58.7 Å². The van der Waals surface area contributed by atoms with Crippen molar-refractivity contribution in [1.29, 1.82) is 0 Å². The molecule has 1 N–H and O–H groups in total. The van der Waals surface area contributed by atoms with Gasteiger partial charge in [0.1, 0.15) is 0 Å². The van der Waals surface area contributed by atoms with Gasteiger partial charge in [-0.25, -0.2) is 0 Å². The van der Waals surface area contributed by atoms with Crippen molar-refractivity contribution >= 4 is 23.4 Å². The predicted molar refractivity (Wildman–Crippen MR) is 232 cm³/mol. The van der Waals surface area contributed by atoms with Crippen molar-refractivity contribution in [2.24, 2.45) is 57.2 Å². The number of benzene rings is 1. The zero-order chi connectivity index (χ0) is 41.1. The summed E-state index contributed by atoms with van der Waals surface area (Å²) in [5.74, 6) is 2.49. The number of esters is 1. The van der Waals surface area contributed by atoms with E-state index in [4.69, 9.17) is 16.3 Å². The van der Waals surface area contributed by atoms with Crippen LogP contribution in [0.4, 0.5) is 0 Å². The minimum Gasteiger partial charge on any atom is -0.466 e. The van der Waals surface area contributed by atoms with Crippen LogP contribution in [0.3, 0.4) is 0 Å². The summed E-state index contributed by atoms with van der Waals surface area (Å²) in [6, 6.07) is 8.09. The Balaban J connectivity index is 1.16. The first kappa shape index (κ1) is 42.9. The smallest absolute Gasteiger partial charge is 0.309 e. The van der Waals surface area contributed by atoms with Gasteiger partial charge in [-0.05, 0) is 165 Å². The van der Waals surface area contributed by atoms with Crippen molar-refractivity contribution in [3.8, 4) is 0 Å². The topological polar surface area (TPSA) is 70.1 Å². The molecule has 9 atom stereocenters. The van der Waals surface area contributed by atoms with E-state index in [0.717, 1.165) is 75.2 Å². The summed E-state index contributed by atoms with van der Waals surface area (Å²) in [7, 11) is 4.21. The van der Waals surface area contributed by atoms with Crippen molar-refractivity contribution in [2.45, 2.75) is 132 Å². The maximum atomic E-state index is 14.3. The van der Waals surface area contributed by atoms with E-state index in [0.29, 0.717) is 43.2 Å². The fraction of sp³-hybridized carbons (Fsp3) is 0.720. The number of hydrogen-bond acceptors (Lipinski definition) is 6. The lowest BCUT2D eigenvalue weighted by atomic mass is 9.36. The molecule has 3 fully saturated rings. The van der Waals surface area contributed by atoms with Crippen molar-refractivity contribution in [2.75, 3.05) is 40.3 Å². The van der Waals surface area contributed by atoms with Crippen LogP contribution in [0.2, 0.25) is 5.02 Å². The van der Waals surface area contributed by atoms with Gasteiger partial charge in [0.25, 0.3) is 0 Å². The van der Waals surface area contributed by atoms with E-state index in [-0.39, 0.29) is 39.8 Å². The number of aliphatic hydroxyl groups excluding tert-OH is 1. The molecule has 0 bridgehead atoms. The summed E-state index contributed by atoms with van der Waals surface area (Å²) < 4.78 is 5.38. The highest BCUT2D eigenvalue weighted by Gasteiger charge is 2.66. The largest absolute Gasteiger partial charge is 0.466 e. The van der Waals surface area contributed by atoms with Crippen LogP contribution in [0.5, 0.6) is 0 Å². The Labute approximate surface area is 349 Å². The molecule has 0 saturated heterocycles. The summed E-state index contributed by atoms with van der Waals surface area (Å²) in [6.07, 6.45) is 15.3. The molecule has 314 valence electrons. The Morgan fingerprint density at radius 1 is 0.947 bits per heavy atom. The lowest BCUT2D eigenvalue weighted by Gasteiger charge is -2.68. The standard InChI is InChI=1S/C50H73ClN2O4/c1-10-57-46(56)35-15-13-34(14-16-35)38-21-24-49(7)41(47(38,4)5)23-25-48(6)39-22-26-50(29-40(54)44(32(2)3)45(50)37(39)19-20-42(48)49)43(55)31-53(28-27-52(8)9)30-33-11-17-36(51)18-12-33/h11-13,17-18,21,32,35,37,39,41-43,55H,10,14-16,19-20,22-31H2,1-9H3. The molecular formula is C50H73ClN2O4. The van der Waals surface area contributed by atoms with Crippen LogP contribution in [0.25, 0.3) is 0 Å². The van der Waals surface area contributed by atoms with Gasteiger partial charge >= 0.3 is 5.97 Å². The van der Waals surface area contributed by atoms with Crippen LogP contribution < -0.4 is 0 Å². The maximum Gasteiger partial charge on any atom is 0.309 e. The van der Waals surface area contributed by atoms with Crippen molar-refractivity contribution in [3.05, 3.63) is 69.3 Å². The van der Waals surface area contributed by atoms with Gasteiger partial charge in [-0.3, -0.25) is 14.5 Å². The maximum absolute atomic E-state index is 14.3. The number of halogens is 1. The molecule has 3 saturated carbocycles. The normalized spacial score (nSPS) is 35.3. The van der Waals surface area contributed by atoms with Crippen LogP contribution in [0.1, 0.15) is 125 Å². The Bertz CT molecular complexity index is 1780. The first-order valence-corrected chi connectivity index (χ1v) is 23.0. The third-order valence-corrected chi connectivity index (χ3v) is 17.1. The van der Waals surface area contributed by atoms with E-state index in [1.54, 1.807) is 0 Å². The number of fused-ring (bicyclic) bond motifs is 7. The van der Waals surface area contributed by atoms with E-state index in [9.17, 15) is 14.7 Å². The molecule has 57 heavy (non-hydrogen) atoms. The monoisotopic (exact) mass is 801 g/mol. The zero-order valence-electron chi connectivity index (χ0n) is 36.8. The second-order valence-corrected chi connectivity index (χ2v) is 21.3. The van der Waals surface area contributed by atoms with Gasteiger partial charge < -0.3 is 14.7 Å². The molecule has 7 heteroatoms. The second-order valence-electron chi connectivity index (χ2n) is 20.9. The molecule has 0 aliphatic heterocycles. The highest BCUT2D eigenvalue weighted by molar-refractivity contribution is 6.30. The first-order chi connectivity index (χ1) is 27.0. The summed E-state index contributed by atoms with van der Waals surface area (Å²) in [6.45, 7) is 20.1. The Morgan fingerprint density at radius 3 is 2.33 bits per heavy atom. The third kappa shape index (κ3) is 7.59. The average Bonchev–Trinajstić information content (AvgIpc) is 3.48. The summed E-state index contributed by atoms with van der Waals surface area (Å²) in [5.41, 5.74) is 6.59. The minimum atomic E-state index is -0.605. The Morgan fingerprint density at radius 2 is 1.68 bits per heavy atom. The lowest BCUT2D eigenvalue weighted by molar-refractivity contribution is -0.163. The quantitative estimate of drug-likeness (QED) is 0.212. The molecule has 0 aromatic heterocycles. The molecule has 1 aromatic rings. The number of likely N-dealkylation sites (N-methyl/N-ethyl adjacent to an activating group) is 1. The number of Topliss-reactive ketones (excluding diaryl/α,β-unsaturated/α-hetero) is 1. The highest BCUT2D eigenvalue weighted by Crippen LogP contribution is 2.73. The van der Waals surface area contributed by atoms with Gasteiger partial charge in [0.05, 0.1) is 18.6 Å². The number of nitrogens with zero attached hydrogens (tertiary/aromatic N) is 2. The fourth-order valence-corrected chi connectivity index (χ4v) is 14.4. The van der Waals surface area contributed by atoms with E-state index < -0.39 is 11.5 Å². The van der Waals surface area contributed by atoms with Gasteiger partial charge in [-0.1, -0.05) is 83.0 Å². The molecule has 9 unspecified atom stereocenters. The molecule has 0 heterocycles. The number of aliphatic hydroxyl groups is 1. The van der Waals surface area contributed by atoms with E-state index >= 15 is 0 Å². The lowest BCUT2D eigenvalue weighted by Crippen LogP contribution is -2.61. The summed E-state index contributed by atoms with van der Waals surface area (Å²) >= 11 is 6.25. The van der Waals surface area contributed by atoms with E-state index in [1.807, 2.05) is 19.1 Å². The molecule has 0 spiro atoms. The number of carbonyl (C=O) groups is 2. The second kappa shape index (κ2) is 16.3. The van der Waals surface area contributed by atoms with Crippen LogP contribution >= 0.6 is 11.6 Å². The number of ether oxygens (including phenoxy) is 1. The SMILES string of the molecule is CCOC(=O)C1CC=C(C2=CCC3(C)C(CCC4(C)C5CCC6(C(O)CN(CCN(C)C)Cc7ccc(Cl)cc7)CC(=O)C(C(C)C)=C6C5CCC43)C2(C)C)CC1. The number of ketones is 1. The van der Waals surface area contributed by atoms with Gasteiger partial charge in [0.2, 0.25) is 0 Å². The van der Waals surface area contributed by atoms with Crippen molar-refractivity contribution < 1.29 is 19.4 Å². The fourth-order valence-electron chi connectivity index (χ4n) is 14.3. The molecule has 6 nitrogen and oxygen atoms in total. The molecule has 1 aromatic carbocycles. The predicted octanol–water partition coefficient (Wildman–Crippen LogP) is 10.5. The third-order valence-electron chi connectivity index (χ3n) is 16.9. The molecule has 6 aliphatic carbocycles. The molecule has 0 amide bonds. The van der Waals surface area contributed by atoms with E-state index in [1.165, 1.54) is 41.5 Å². The number of rotatable bonds is 12. The van der Waals surface area contributed by atoms with Gasteiger partial charge in [0, 0.05) is 43.0 Å². The van der Waals surface area contributed by atoms with Crippen LogP contribution in [-0.4, -0.2) is 73.1 Å². The zero-order valence-corrected chi connectivity index (χ0v) is 37.5. The molecule has 7 rings (SSSR count). The Kier molecular flexibility index (Phi) is 12.3. The first-order valence-electron chi connectivity index (χ1n) is 22.6.